The topological polar surface area (TPSA) is 67.3 Å². The summed E-state index contributed by atoms with van der Waals surface area (Å²) in [5, 5.41) is 3.36. The molecule has 0 radical (unpaired) electrons. The van der Waals surface area contributed by atoms with E-state index < -0.39 is 0 Å². The Hall–Kier alpha value is -2.63. The quantitative estimate of drug-likeness (QED) is 0.856. The van der Waals surface area contributed by atoms with Crippen molar-refractivity contribution in [3.05, 3.63) is 48.3 Å². The first-order chi connectivity index (χ1) is 11.3. The molecule has 23 heavy (non-hydrogen) atoms. The maximum absolute atomic E-state index is 11.7. The van der Waals surface area contributed by atoms with Gasteiger partial charge in [0.1, 0.15) is 6.17 Å². The molecule has 2 heterocycles. The van der Waals surface area contributed by atoms with Gasteiger partial charge in [0, 0.05) is 24.6 Å². The average molecular weight is 312 g/mol. The van der Waals surface area contributed by atoms with Crippen molar-refractivity contribution in [3.63, 3.8) is 0 Å². The van der Waals surface area contributed by atoms with Crippen LogP contribution in [0.1, 0.15) is 30.1 Å². The number of hydrogen-bond acceptors (Lipinski definition) is 6. The predicted octanol–water partition coefficient (Wildman–Crippen LogP) is 2.69. The first-order valence-electron chi connectivity index (χ1n) is 7.85. The first kappa shape index (κ1) is 15.3. The van der Waals surface area contributed by atoms with Gasteiger partial charge in [0.05, 0.1) is 12.2 Å². The van der Waals surface area contributed by atoms with Crippen LogP contribution in [0, 0.1) is 0 Å². The third-order valence-corrected chi connectivity index (χ3v) is 3.82. The van der Waals surface area contributed by atoms with Gasteiger partial charge in [0.2, 0.25) is 5.95 Å². The number of nitrogens with zero attached hydrogens (tertiary/aromatic N) is 3. The van der Waals surface area contributed by atoms with Gasteiger partial charge in [0.15, 0.2) is 0 Å². The Kier molecular flexibility index (Phi) is 4.71. The Morgan fingerprint density at radius 1 is 1.30 bits per heavy atom. The lowest BCUT2D eigenvalue weighted by atomic mass is 10.2. The van der Waals surface area contributed by atoms with Gasteiger partial charge in [0.25, 0.3) is 0 Å². The summed E-state index contributed by atoms with van der Waals surface area (Å²) in [5.41, 5.74) is 1.65. The minimum absolute atomic E-state index is 0.158. The van der Waals surface area contributed by atoms with Gasteiger partial charge in [-0.3, -0.25) is 0 Å². The Balaban J connectivity index is 1.71. The van der Waals surface area contributed by atoms with Crippen molar-refractivity contribution < 1.29 is 9.53 Å². The van der Waals surface area contributed by atoms with Crippen LogP contribution >= 0.6 is 0 Å². The molecule has 1 fully saturated rings. The zero-order valence-corrected chi connectivity index (χ0v) is 13.1. The number of nitrogens with one attached hydrogen (secondary N) is 1. The fourth-order valence-electron chi connectivity index (χ4n) is 2.75. The number of aromatic nitrogens is 2. The average Bonchev–Trinajstić information content (AvgIpc) is 3.04. The predicted molar refractivity (Wildman–Crippen MR) is 88.4 cm³/mol. The molecule has 0 aliphatic carbocycles. The molecule has 1 aliphatic heterocycles. The standard InChI is InChI=1S/C17H20N4O2/c1-2-23-16(22)13-6-8-14(9-7-13)21-12-3-5-15(21)20-17-18-10-4-11-19-17/h4,6-11,15H,2-3,5,12H2,1H3,(H,18,19,20)/t15-/m0/s1. The Labute approximate surface area is 135 Å². The van der Waals surface area contributed by atoms with E-state index in [9.17, 15) is 4.79 Å². The highest BCUT2D eigenvalue weighted by molar-refractivity contribution is 5.89. The van der Waals surface area contributed by atoms with Crippen molar-refractivity contribution in [1.82, 2.24) is 9.97 Å². The molecule has 1 aromatic heterocycles. The highest BCUT2D eigenvalue weighted by Gasteiger charge is 2.25. The summed E-state index contributed by atoms with van der Waals surface area (Å²) in [7, 11) is 0. The molecule has 120 valence electrons. The largest absolute Gasteiger partial charge is 0.462 e. The number of benzene rings is 1. The zero-order chi connectivity index (χ0) is 16.1. The first-order valence-corrected chi connectivity index (χ1v) is 7.85. The lowest BCUT2D eigenvalue weighted by Gasteiger charge is -2.27. The van der Waals surface area contributed by atoms with Crippen LogP contribution in [0.4, 0.5) is 11.6 Å². The zero-order valence-electron chi connectivity index (χ0n) is 13.1. The molecule has 1 aliphatic rings. The molecule has 0 spiro atoms. The molecule has 0 saturated carbocycles. The van der Waals surface area contributed by atoms with Crippen LogP contribution in [0.3, 0.4) is 0 Å². The number of hydrogen-bond donors (Lipinski definition) is 1. The van der Waals surface area contributed by atoms with Gasteiger partial charge in [-0.05, 0) is 50.1 Å². The van der Waals surface area contributed by atoms with Crippen LogP contribution < -0.4 is 10.2 Å². The third kappa shape index (κ3) is 3.59. The summed E-state index contributed by atoms with van der Waals surface area (Å²) in [6, 6.07) is 9.32. The summed E-state index contributed by atoms with van der Waals surface area (Å²) in [5.74, 6) is 0.348. The number of anilines is 2. The van der Waals surface area contributed by atoms with Crippen molar-refractivity contribution in [1.29, 1.82) is 0 Å². The van der Waals surface area contributed by atoms with E-state index >= 15 is 0 Å². The third-order valence-electron chi connectivity index (χ3n) is 3.82. The molecule has 1 N–H and O–H groups in total. The second-order valence-electron chi connectivity index (χ2n) is 5.34. The van der Waals surface area contributed by atoms with Crippen LogP contribution in [0.15, 0.2) is 42.7 Å². The Morgan fingerprint density at radius 3 is 2.74 bits per heavy atom. The molecule has 1 aromatic carbocycles. The van der Waals surface area contributed by atoms with E-state index in [-0.39, 0.29) is 12.1 Å². The van der Waals surface area contributed by atoms with Gasteiger partial charge in [-0.25, -0.2) is 14.8 Å². The molecule has 0 amide bonds. The van der Waals surface area contributed by atoms with E-state index in [0.29, 0.717) is 18.1 Å². The molecule has 6 nitrogen and oxygen atoms in total. The molecular weight excluding hydrogens is 292 g/mol. The van der Waals surface area contributed by atoms with E-state index in [1.54, 1.807) is 25.4 Å². The van der Waals surface area contributed by atoms with Crippen LogP contribution in [0.5, 0.6) is 0 Å². The van der Waals surface area contributed by atoms with Crippen molar-refractivity contribution in [2.45, 2.75) is 25.9 Å². The van der Waals surface area contributed by atoms with Gasteiger partial charge in [-0.2, -0.15) is 0 Å². The number of esters is 1. The van der Waals surface area contributed by atoms with Crippen LogP contribution in [-0.2, 0) is 4.74 Å². The highest BCUT2D eigenvalue weighted by Crippen LogP contribution is 2.26. The maximum Gasteiger partial charge on any atom is 0.338 e. The van der Waals surface area contributed by atoms with Crippen LogP contribution in [0.25, 0.3) is 0 Å². The fourth-order valence-corrected chi connectivity index (χ4v) is 2.75. The molecule has 6 heteroatoms. The molecule has 3 rings (SSSR count). The second kappa shape index (κ2) is 7.09. The number of carbonyl (C=O) groups excluding carboxylic acids is 1. The SMILES string of the molecule is CCOC(=O)c1ccc(N2CCC[C@H]2Nc2ncccn2)cc1. The smallest absolute Gasteiger partial charge is 0.338 e. The Morgan fingerprint density at radius 2 is 2.04 bits per heavy atom. The van der Waals surface area contributed by atoms with E-state index in [1.165, 1.54) is 0 Å². The van der Waals surface area contributed by atoms with E-state index in [0.717, 1.165) is 25.1 Å². The van der Waals surface area contributed by atoms with E-state index in [4.69, 9.17) is 4.74 Å². The number of ether oxygens (including phenoxy) is 1. The minimum Gasteiger partial charge on any atom is -0.462 e. The summed E-state index contributed by atoms with van der Waals surface area (Å²) < 4.78 is 5.01. The van der Waals surface area contributed by atoms with Gasteiger partial charge in [-0.15, -0.1) is 0 Å². The summed E-state index contributed by atoms with van der Waals surface area (Å²) in [6.07, 6.45) is 5.74. The van der Waals surface area contributed by atoms with Crippen molar-refractivity contribution >= 4 is 17.6 Å². The van der Waals surface area contributed by atoms with E-state index in [1.807, 2.05) is 24.3 Å². The second-order valence-corrected chi connectivity index (χ2v) is 5.34. The van der Waals surface area contributed by atoms with Crippen LogP contribution in [-0.4, -0.2) is 35.3 Å². The van der Waals surface area contributed by atoms with Crippen molar-refractivity contribution in [2.75, 3.05) is 23.4 Å². The van der Waals surface area contributed by atoms with Crippen molar-refractivity contribution in [2.24, 2.45) is 0 Å². The van der Waals surface area contributed by atoms with Gasteiger partial charge >= 0.3 is 5.97 Å². The fraction of sp³-hybridized carbons (Fsp3) is 0.353. The summed E-state index contributed by atoms with van der Waals surface area (Å²) in [6.45, 7) is 3.15. The molecule has 0 unspecified atom stereocenters. The Bertz CT molecular complexity index is 645. The minimum atomic E-state index is -0.284. The van der Waals surface area contributed by atoms with E-state index in [2.05, 4.69) is 20.2 Å². The van der Waals surface area contributed by atoms with Gasteiger partial charge in [-0.1, -0.05) is 0 Å². The van der Waals surface area contributed by atoms with Gasteiger partial charge < -0.3 is 15.0 Å². The molecular formula is C17H20N4O2. The lowest BCUT2D eigenvalue weighted by Crippen LogP contribution is -2.36. The molecule has 2 aromatic rings. The normalized spacial score (nSPS) is 17.1. The number of rotatable bonds is 5. The van der Waals surface area contributed by atoms with Crippen LogP contribution in [0.2, 0.25) is 0 Å². The van der Waals surface area contributed by atoms with Crippen molar-refractivity contribution in [3.8, 4) is 0 Å². The molecule has 1 atom stereocenters. The maximum atomic E-state index is 11.7. The monoisotopic (exact) mass is 312 g/mol. The lowest BCUT2D eigenvalue weighted by molar-refractivity contribution is 0.0526. The summed E-state index contributed by atoms with van der Waals surface area (Å²) >= 11 is 0. The summed E-state index contributed by atoms with van der Waals surface area (Å²) in [4.78, 5) is 22.4. The number of carbonyl (C=O) groups is 1. The molecule has 1 saturated heterocycles. The highest BCUT2D eigenvalue weighted by atomic mass is 16.5. The molecule has 0 bridgehead atoms.